The van der Waals surface area contributed by atoms with Crippen molar-refractivity contribution in [2.45, 2.75) is 0 Å². The number of benzene rings is 1. The molecule has 1 N–H and O–H groups in total. The summed E-state index contributed by atoms with van der Waals surface area (Å²) in [6.07, 6.45) is 1.42. The summed E-state index contributed by atoms with van der Waals surface area (Å²) in [7, 11) is -4.38. The van der Waals surface area contributed by atoms with E-state index in [1.54, 1.807) is 29.6 Å². The third-order valence-corrected chi connectivity index (χ3v) is 4.88. The standard InChI is InChI=1S/C14H12O5S2/c15-21(16,17)12(8-10-4-2-1-3-5-10)14-13-11(9-20-14)18-6-7-19-13/h1-5,8-9H,6-7H2,(H,15,16,17). The maximum atomic E-state index is 11.7. The Morgan fingerprint density at radius 1 is 1.19 bits per heavy atom. The molecule has 1 aromatic heterocycles. The molecular weight excluding hydrogens is 312 g/mol. The average Bonchev–Trinajstić information content (AvgIpc) is 2.88. The maximum Gasteiger partial charge on any atom is 0.296 e. The molecule has 0 unspecified atom stereocenters. The van der Waals surface area contributed by atoms with Gasteiger partial charge in [-0.3, -0.25) is 4.55 Å². The van der Waals surface area contributed by atoms with Gasteiger partial charge in [-0.2, -0.15) is 8.42 Å². The summed E-state index contributed by atoms with van der Waals surface area (Å²) in [6.45, 7) is 0.771. The fourth-order valence-corrected chi connectivity index (χ4v) is 3.90. The lowest BCUT2D eigenvalue weighted by atomic mass is 10.2. The van der Waals surface area contributed by atoms with Gasteiger partial charge in [0, 0.05) is 5.38 Å². The molecular formula is C14H12O5S2. The third kappa shape index (κ3) is 2.94. The van der Waals surface area contributed by atoms with Crippen molar-refractivity contribution in [1.82, 2.24) is 0 Å². The number of fused-ring (bicyclic) bond motifs is 1. The summed E-state index contributed by atoms with van der Waals surface area (Å²) in [6, 6.07) is 8.91. The molecule has 2 heterocycles. The molecule has 0 bridgehead atoms. The van der Waals surface area contributed by atoms with Crippen molar-refractivity contribution in [3.05, 3.63) is 46.2 Å². The Morgan fingerprint density at radius 2 is 1.90 bits per heavy atom. The lowest BCUT2D eigenvalue weighted by Gasteiger charge is -2.16. The van der Waals surface area contributed by atoms with Crippen LogP contribution in [0.3, 0.4) is 0 Å². The summed E-state index contributed by atoms with van der Waals surface area (Å²) in [4.78, 5) is 0.154. The zero-order chi connectivity index (χ0) is 14.9. The molecule has 0 saturated carbocycles. The zero-order valence-electron chi connectivity index (χ0n) is 10.9. The quantitative estimate of drug-likeness (QED) is 0.879. The molecule has 5 nitrogen and oxygen atoms in total. The van der Waals surface area contributed by atoms with Gasteiger partial charge in [-0.15, -0.1) is 11.3 Å². The Balaban J connectivity index is 2.14. The van der Waals surface area contributed by atoms with Crippen LogP contribution in [0.15, 0.2) is 35.7 Å². The van der Waals surface area contributed by atoms with Gasteiger partial charge in [0.2, 0.25) is 0 Å². The molecule has 0 saturated heterocycles. The molecule has 0 fully saturated rings. The lowest BCUT2D eigenvalue weighted by Crippen LogP contribution is -2.15. The fourth-order valence-electron chi connectivity index (χ4n) is 1.99. The molecule has 1 aromatic carbocycles. The second-order valence-electron chi connectivity index (χ2n) is 4.35. The van der Waals surface area contributed by atoms with Crippen LogP contribution in [0.1, 0.15) is 10.4 Å². The van der Waals surface area contributed by atoms with Crippen molar-refractivity contribution in [2.75, 3.05) is 13.2 Å². The smallest absolute Gasteiger partial charge is 0.296 e. The summed E-state index contributed by atoms with van der Waals surface area (Å²) < 4.78 is 43.8. The minimum Gasteiger partial charge on any atom is -0.485 e. The van der Waals surface area contributed by atoms with E-state index in [-0.39, 0.29) is 4.91 Å². The molecule has 2 aromatic rings. The number of rotatable bonds is 3. The highest BCUT2D eigenvalue weighted by atomic mass is 32.2. The molecule has 0 amide bonds. The topological polar surface area (TPSA) is 72.8 Å². The van der Waals surface area contributed by atoms with Gasteiger partial charge in [0.1, 0.15) is 18.1 Å². The first-order valence-electron chi connectivity index (χ1n) is 6.17. The van der Waals surface area contributed by atoms with E-state index >= 15 is 0 Å². The van der Waals surface area contributed by atoms with Gasteiger partial charge >= 0.3 is 0 Å². The van der Waals surface area contributed by atoms with E-state index in [4.69, 9.17) is 9.47 Å². The molecule has 110 valence electrons. The molecule has 0 spiro atoms. The Labute approximate surface area is 126 Å². The molecule has 0 atom stereocenters. The number of hydrogen-bond acceptors (Lipinski definition) is 5. The zero-order valence-corrected chi connectivity index (χ0v) is 12.5. The van der Waals surface area contributed by atoms with Crippen LogP contribution in [0.5, 0.6) is 11.5 Å². The van der Waals surface area contributed by atoms with Gasteiger partial charge in [0.15, 0.2) is 11.5 Å². The fraction of sp³-hybridized carbons (Fsp3) is 0.143. The second kappa shape index (κ2) is 5.51. The third-order valence-electron chi connectivity index (χ3n) is 2.90. The number of thiophene rings is 1. The predicted octanol–water partition coefficient (Wildman–Crippen LogP) is 2.91. The maximum absolute atomic E-state index is 11.7. The van der Waals surface area contributed by atoms with Gasteiger partial charge in [0.05, 0.1) is 4.88 Å². The first-order valence-corrected chi connectivity index (χ1v) is 8.49. The molecule has 1 aliphatic rings. The summed E-state index contributed by atoms with van der Waals surface area (Å²) >= 11 is 1.16. The van der Waals surface area contributed by atoms with E-state index in [0.717, 1.165) is 11.3 Å². The minimum absolute atomic E-state index is 0.189. The van der Waals surface area contributed by atoms with Crippen LogP contribution in [-0.2, 0) is 10.1 Å². The van der Waals surface area contributed by atoms with E-state index in [1.165, 1.54) is 6.08 Å². The van der Waals surface area contributed by atoms with E-state index < -0.39 is 10.1 Å². The highest BCUT2D eigenvalue weighted by molar-refractivity contribution is 7.96. The normalized spacial score (nSPS) is 15.0. The van der Waals surface area contributed by atoms with Crippen LogP contribution in [0.4, 0.5) is 0 Å². The Bertz CT molecular complexity index is 775. The molecule has 0 aliphatic carbocycles. The van der Waals surface area contributed by atoms with E-state index in [2.05, 4.69) is 0 Å². The van der Waals surface area contributed by atoms with Crippen molar-refractivity contribution in [3.63, 3.8) is 0 Å². The molecule has 0 radical (unpaired) electrons. The van der Waals surface area contributed by atoms with Crippen molar-refractivity contribution >= 4 is 32.4 Å². The van der Waals surface area contributed by atoms with Crippen LogP contribution >= 0.6 is 11.3 Å². The van der Waals surface area contributed by atoms with Gasteiger partial charge in [-0.1, -0.05) is 30.3 Å². The molecule has 21 heavy (non-hydrogen) atoms. The SMILES string of the molecule is O=S(=O)(O)C(=Cc1ccccc1)c1scc2c1OCCO2. The summed E-state index contributed by atoms with van der Waals surface area (Å²) in [5.41, 5.74) is 0.670. The van der Waals surface area contributed by atoms with Crippen LogP contribution in [0.25, 0.3) is 11.0 Å². The van der Waals surface area contributed by atoms with Crippen molar-refractivity contribution in [2.24, 2.45) is 0 Å². The van der Waals surface area contributed by atoms with E-state index in [9.17, 15) is 13.0 Å². The van der Waals surface area contributed by atoms with Crippen LogP contribution in [0, 0.1) is 0 Å². The van der Waals surface area contributed by atoms with Gasteiger partial charge < -0.3 is 9.47 Å². The average molecular weight is 324 g/mol. The molecule has 1 aliphatic heterocycles. The number of hydrogen-bond donors (Lipinski definition) is 1. The first kappa shape index (κ1) is 14.1. The monoisotopic (exact) mass is 324 g/mol. The minimum atomic E-state index is -4.38. The highest BCUT2D eigenvalue weighted by Gasteiger charge is 2.27. The lowest BCUT2D eigenvalue weighted by molar-refractivity contribution is 0.173. The summed E-state index contributed by atoms with van der Waals surface area (Å²) in [5, 5.41) is 1.67. The summed E-state index contributed by atoms with van der Waals surface area (Å²) in [5.74, 6) is 0.870. The van der Waals surface area contributed by atoms with Crippen LogP contribution in [0.2, 0.25) is 0 Å². The van der Waals surface area contributed by atoms with Crippen molar-refractivity contribution in [1.29, 1.82) is 0 Å². The van der Waals surface area contributed by atoms with Crippen LogP contribution < -0.4 is 9.47 Å². The van der Waals surface area contributed by atoms with E-state index in [0.29, 0.717) is 35.2 Å². The second-order valence-corrected chi connectivity index (χ2v) is 6.62. The molecule has 3 rings (SSSR count). The van der Waals surface area contributed by atoms with Crippen molar-refractivity contribution < 1.29 is 22.4 Å². The Hall–Kier alpha value is -1.83. The first-order chi connectivity index (χ1) is 10.1. The molecule has 7 heteroatoms. The largest absolute Gasteiger partial charge is 0.485 e. The predicted molar refractivity (Wildman–Crippen MR) is 81.2 cm³/mol. The van der Waals surface area contributed by atoms with Crippen molar-refractivity contribution in [3.8, 4) is 11.5 Å². The highest BCUT2D eigenvalue weighted by Crippen LogP contribution is 2.44. The van der Waals surface area contributed by atoms with Gasteiger partial charge in [-0.05, 0) is 11.6 Å². The van der Waals surface area contributed by atoms with E-state index in [1.807, 2.05) is 6.07 Å². The van der Waals surface area contributed by atoms with Gasteiger partial charge in [-0.25, -0.2) is 0 Å². The van der Waals surface area contributed by atoms with Gasteiger partial charge in [0.25, 0.3) is 10.1 Å². The Kier molecular flexibility index (Phi) is 3.71. The number of ether oxygens (including phenoxy) is 2. The Morgan fingerprint density at radius 3 is 2.62 bits per heavy atom. The van der Waals surface area contributed by atoms with Crippen LogP contribution in [-0.4, -0.2) is 26.2 Å².